The Labute approximate surface area is 65.3 Å². The number of aromatic nitrogens is 1. The molecule has 1 aromatic heterocycles. The van der Waals surface area contributed by atoms with Crippen LogP contribution in [0.1, 0.15) is 17.3 Å². The number of hydrogen-bond donors (Lipinski definition) is 0. The fourth-order valence-corrected chi connectivity index (χ4v) is 0.571. The Bertz CT molecular complexity index is 241. The first kappa shape index (κ1) is 9.31. The van der Waals surface area contributed by atoms with Crippen LogP contribution in [0.5, 0.6) is 0 Å². The number of Topliss-reactive ketones (excluding diaryl/α,β-unsaturated/α-hetero) is 1. The van der Waals surface area contributed by atoms with Crippen LogP contribution in [0.15, 0.2) is 24.5 Å². The van der Waals surface area contributed by atoms with Gasteiger partial charge in [-0.15, -0.1) is 0 Å². The second-order valence-electron chi connectivity index (χ2n) is 1.80. The Balaban J connectivity index is 0.000000461. The minimum atomic E-state index is 0.0584. The van der Waals surface area contributed by atoms with Crippen molar-refractivity contribution in [2.24, 2.45) is 0 Å². The number of nitrogens with zero attached hydrogens (tertiary/aromatic N) is 2. The van der Waals surface area contributed by atoms with Crippen LogP contribution in [0, 0.1) is 11.8 Å². The van der Waals surface area contributed by atoms with Gasteiger partial charge in [-0.05, 0) is 19.1 Å². The Kier molecular flexibility index (Phi) is 4.34. The summed E-state index contributed by atoms with van der Waals surface area (Å²) in [5.41, 5.74) is 0.664. The van der Waals surface area contributed by atoms with E-state index in [1.54, 1.807) is 24.5 Å². The number of pyridine rings is 1. The van der Waals surface area contributed by atoms with Crippen LogP contribution in [-0.4, -0.2) is 10.8 Å². The zero-order valence-electron chi connectivity index (χ0n) is 6.19. The standard InChI is InChI=1S/C7H7NO.CHN/c1-6(9)7-3-2-4-8-5-7;1-2/h2-5H,1H3;1H. The predicted molar refractivity (Wildman–Crippen MR) is 40.9 cm³/mol. The van der Waals surface area contributed by atoms with Gasteiger partial charge in [0.15, 0.2) is 5.78 Å². The van der Waals surface area contributed by atoms with Crippen LogP contribution in [0.2, 0.25) is 0 Å². The lowest BCUT2D eigenvalue weighted by Gasteiger charge is -1.88. The molecule has 0 aromatic carbocycles. The molecule has 0 aliphatic carbocycles. The molecule has 0 bridgehead atoms. The molecule has 1 heterocycles. The summed E-state index contributed by atoms with van der Waals surface area (Å²) in [6.07, 6.45) is 3.20. The summed E-state index contributed by atoms with van der Waals surface area (Å²) in [6, 6.07) is 3.49. The van der Waals surface area contributed by atoms with Crippen LogP contribution >= 0.6 is 0 Å². The first-order valence-corrected chi connectivity index (χ1v) is 2.97. The van der Waals surface area contributed by atoms with E-state index in [9.17, 15) is 4.79 Å². The van der Waals surface area contributed by atoms with Crippen LogP contribution in [0.25, 0.3) is 0 Å². The zero-order valence-corrected chi connectivity index (χ0v) is 6.19. The molecule has 1 aromatic rings. The summed E-state index contributed by atoms with van der Waals surface area (Å²) in [5.74, 6) is 0.0584. The highest BCUT2D eigenvalue weighted by Gasteiger charge is 1.93. The molecule has 0 fully saturated rings. The normalized spacial score (nSPS) is 7.55. The molecule has 11 heavy (non-hydrogen) atoms. The van der Waals surface area contributed by atoms with Crippen molar-refractivity contribution >= 4 is 5.78 Å². The third-order valence-electron chi connectivity index (χ3n) is 1.07. The zero-order chi connectivity index (χ0) is 8.69. The molecule has 0 N–H and O–H groups in total. The average molecular weight is 148 g/mol. The van der Waals surface area contributed by atoms with Crippen molar-refractivity contribution in [2.45, 2.75) is 6.92 Å². The minimum absolute atomic E-state index is 0.0584. The third-order valence-corrected chi connectivity index (χ3v) is 1.07. The fraction of sp³-hybridized carbons (Fsp3) is 0.125. The molecule has 0 aliphatic rings. The lowest BCUT2D eigenvalue weighted by molar-refractivity contribution is 0.101. The summed E-state index contributed by atoms with van der Waals surface area (Å²) in [5, 5.41) is 6.50. The molecule has 0 saturated carbocycles. The van der Waals surface area contributed by atoms with E-state index in [0.29, 0.717) is 5.56 Å². The van der Waals surface area contributed by atoms with Crippen molar-refractivity contribution < 1.29 is 4.79 Å². The van der Waals surface area contributed by atoms with Gasteiger partial charge >= 0.3 is 0 Å². The van der Waals surface area contributed by atoms with Gasteiger partial charge in [0.05, 0.1) is 0 Å². The van der Waals surface area contributed by atoms with E-state index in [-0.39, 0.29) is 5.78 Å². The Morgan fingerprint density at radius 2 is 2.27 bits per heavy atom. The molecule has 0 unspecified atom stereocenters. The maximum Gasteiger partial charge on any atom is 0.161 e. The van der Waals surface area contributed by atoms with E-state index in [0.717, 1.165) is 0 Å². The van der Waals surface area contributed by atoms with Crippen molar-refractivity contribution in [3.05, 3.63) is 30.1 Å². The number of ketones is 1. The molecule has 0 aliphatic heterocycles. The monoisotopic (exact) mass is 148 g/mol. The summed E-state index contributed by atoms with van der Waals surface area (Å²) in [6.45, 7) is 5.02. The SMILES string of the molecule is C#N.CC(=O)c1cccnc1. The molecule has 3 heteroatoms. The molecule has 0 radical (unpaired) electrons. The van der Waals surface area contributed by atoms with Crippen LogP contribution < -0.4 is 0 Å². The second-order valence-corrected chi connectivity index (χ2v) is 1.80. The smallest absolute Gasteiger partial charge is 0.161 e. The highest BCUT2D eigenvalue weighted by atomic mass is 16.1. The summed E-state index contributed by atoms with van der Waals surface area (Å²) < 4.78 is 0. The molecule has 0 amide bonds. The first-order chi connectivity index (χ1) is 5.30. The number of carbonyl (C=O) groups excluding carboxylic acids is 1. The van der Waals surface area contributed by atoms with Crippen LogP contribution in [-0.2, 0) is 0 Å². The molecular weight excluding hydrogens is 140 g/mol. The van der Waals surface area contributed by atoms with E-state index < -0.39 is 0 Å². The molecule has 0 spiro atoms. The average Bonchev–Trinajstić information content (AvgIpc) is 2.10. The molecule has 0 atom stereocenters. The Morgan fingerprint density at radius 3 is 2.55 bits per heavy atom. The van der Waals surface area contributed by atoms with Gasteiger partial charge in [-0.25, -0.2) is 5.26 Å². The van der Waals surface area contributed by atoms with Crippen LogP contribution in [0.4, 0.5) is 0 Å². The van der Waals surface area contributed by atoms with Crippen molar-refractivity contribution in [3.8, 4) is 6.57 Å². The molecule has 1 rings (SSSR count). The summed E-state index contributed by atoms with van der Waals surface area (Å²) in [4.78, 5) is 14.4. The summed E-state index contributed by atoms with van der Waals surface area (Å²) >= 11 is 0. The molecular formula is C8H8N2O. The number of hydrogen-bond acceptors (Lipinski definition) is 3. The highest BCUT2D eigenvalue weighted by molar-refractivity contribution is 5.93. The van der Waals surface area contributed by atoms with Gasteiger partial charge in [0.1, 0.15) is 0 Å². The lowest BCUT2D eigenvalue weighted by Crippen LogP contribution is -1.90. The molecule has 3 nitrogen and oxygen atoms in total. The quantitative estimate of drug-likeness (QED) is 0.566. The van der Waals surface area contributed by atoms with Gasteiger partial charge in [-0.3, -0.25) is 9.78 Å². The van der Waals surface area contributed by atoms with E-state index in [4.69, 9.17) is 5.26 Å². The third kappa shape index (κ3) is 3.11. The van der Waals surface area contributed by atoms with Gasteiger partial charge < -0.3 is 0 Å². The van der Waals surface area contributed by atoms with Gasteiger partial charge in [-0.2, -0.15) is 0 Å². The second kappa shape index (κ2) is 5.12. The number of nitriles is 1. The highest BCUT2D eigenvalue weighted by Crippen LogP contribution is 1.94. The van der Waals surface area contributed by atoms with Crippen molar-refractivity contribution in [3.63, 3.8) is 0 Å². The van der Waals surface area contributed by atoms with Crippen molar-refractivity contribution in [2.75, 3.05) is 0 Å². The fourth-order valence-electron chi connectivity index (χ4n) is 0.571. The number of carbonyl (C=O) groups is 1. The Morgan fingerprint density at radius 1 is 1.64 bits per heavy atom. The molecule has 0 saturated heterocycles. The maximum atomic E-state index is 10.6. The van der Waals surface area contributed by atoms with E-state index in [1.807, 2.05) is 0 Å². The van der Waals surface area contributed by atoms with Gasteiger partial charge in [0.2, 0.25) is 0 Å². The van der Waals surface area contributed by atoms with E-state index >= 15 is 0 Å². The lowest BCUT2D eigenvalue weighted by atomic mass is 10.2. The topological polar surface area (TPSA) is 53.8 Å². The predicted octanol–water partition coefficient (Wildman–Crippen LogP) is 1.42. The summed E-state index contributed by atoms with van der Waals surface area (Å²) in [7, 11) is 0. The molecule has 56 valence electrons. The number of rotatable bonds is 1. The first-order valence-electron chi connectivity index (χ1n) is 2.97. The Hall–Kier alpha value is -1.69. The van der Waals surface area contributed by atoms with Crippen LogP contribution in [0.3, 0.4) is 0 Å². The van der Waals surface area contributed by atoms with E-state index in [1.165, 1.54) is 6.92 Å². The van der Waals surface area contributed by atoms with E-state index in [2.05, 4.69) is 11.6 Å². The van der Waals surface area contributed by atoms with Crippen molar-refractivity contribution in [1.29, 1.82) is 5.26 Å². The largest absolute Gasteiger partial charge is 0.294 e. The van der Waals surface area contributed by atoms with Crippen molar-refractivity contribution in [1.82, 2.24) is 4.98 Å². The van der Waals surface area contributed by atoms with Gasteiger partial charge in [0.25, 0.3) is 0 Å². The maximum absolute atomic E-state index is 10.6. The van der Waals surface area contributed by atoms with Gasteiger partial charge in [0, 0.05) is 24.5 Å². The minimum Gasteiger partial charge on any atom is -0.294 e. The van der Waals surface area contributed by atoms with Gasteiger partial charge in [-0.1, -0.05) is 0 Å².